The van der Waals surface area contributed by atoms with E-state index >= 15 is 0 Å². The van der Waals surface area contributed by atoms with Crippen molar-refractivity contribution in [1.29, 1.82) is 0 Å². The van der Waals surface area contributed by atoms with Crippen molar-refractivity contribution in [3.8, 4) is 0 Å². The summed E-state index contributed by atoms with van der Waals surface area (Å²) in [6.45, 7) is 2.35. The number of ether oxygens (including phenoxy) is 1. The van der Waals surface area contributed by atoms with Crippen molar-refractivity contribution in [3.05, 3.63) is 48.6 Å². The normalized spacial score (nSPS) is 20.5. The van der Waals surface area contributed by atoms with E-state index in [2.05, 4.69) is 9.88 Å². The molecule has 17 heavy (non-hydrogen) atoms. The number of rotatable bonds is 2. The quantitative estimate of drug-likeness (QED) is 0.793. The molecule has 88 valence electrons. The van der Waals surface area contributed by atoms with E-state index in [9.17, 15) is 0 Å². The van der Waals surface area contributed by atoms with Gasteiger partial charge in [-0.3, -0.25) is 0 Å². The minimum atomic E-state index is 0.000700. The Bertz CT molecular complexity index is 456. The van der Waals surface area contributed by atoms with Crippen LogP contribution in [-0.2, 0) is 4.74 Å². The van der Waals surface area contributed by atoms with Crippen molar-refractivity contribution in [1.82, 2.24) is 4.98 Å². The standard InChI is InChI=1S/C13H14N2O2/c1-2-6-14-13(5-1)15-7-9-17-12(10-15)11-4-3-8-16-11/h1-6,8,12H,7,9-10H2. The molecule has 3 rings (SSSR count). The molecule has 4 nitrogen and oxygen atoms in total. The van der Waals surface area contributed by atoms with E-state index in [4.69, 9.17) is 9.15 Å². The molecule has 0 aliphatic carbocycles. The molecule has 3 heterocycles. The van der Waals surface area contributed by atoms with E-state index < -0.39 is 0 Å². The SMILES string of the molecule is c1ccc(N2CCOC(c3ccco3)C2)nc1. The maximum absolute atomic E-state index is 5.71. The van der Waals surface area contributed by atoms with Gasteiger partial charge >= 0.3 is 0 Å². The third-order valence-electron chi connectivity index (χ3n) is 2.90. The topological polar surface area (TPSA) is 38.5 Å². The number of hydrogen-bond acceptors (Lipinski definition) is 4. The Labute approximate surface area is 99.8 Å². The summed E-state index contributed by atoms with van der Waals surface area (Å²) in [5.74, 6) is 1.87. The Hall–Kier alpha value is -1.81. The monoisotopic (exact) mass is 230 g/mol. The molecule has 0 spiro atoms. The summed E-state index contributed by atoms with van der Waals surface area (Å²) in [7, 11) is 0. The van der Waals surface area contributed by atoms with Gasteiger partial charge in [0.15, 0.2) is 0 Å². The Morgan fingerprint density at radius 3 is 3.00 bits per heavy atom. The molecular formula is C13H14N2O2. The molecule has 1 saturated heterocycles. The Morgan fingerprint density at radius 2 is 2.24 bits per heavy atom. The fraction of sp³-hybridized carbons (Fsp3) is 0.308. The third kappa shape index (κ3) is 2.17. The first kappa shape index (κ1) is 10.4. The predicted octanol–water partition coefficient (Wildman–Crippen LogP) is 2.25. The van der Waals surface area contributed by atoms with Crippen molar-refractivity contribution in [2.45, 2.75) is 6.10 Å². The lowest BCUT2D eigenvalue weighted by Gasteiger charge is -2.32. The number of nitrogens with zero attached hydrogens (tertiary/aromatic N) is 2. The second-order valence-corrected chi connectivity index (χ2v) is 4.01. The lowest BCUT2D eigenvalue weighted by molar-refractivity contribution is 0.0255. The highest BCUT2D eigenvalue weighted by Crippen LogP contribution is 2.24. The first-order valence-corrected chi connectivity index (χ1v) is 5.74. The lowest BCUT2D eigenvalue weighted by atomic mass is 10.2. The summed E-state index contributed by atoms with van der Waals surface area (Å²) in [6, 6.07) is 9.78. The smallest absolute Gasteiger partial charge is 0.134 e. The van der Waals surface area contributed by atoms with E-state index in [-0.39, 0.29) is 6.10 Å². The summed E-state index contributed by atoms with van der Waals surface area (Å²) in [4.78, 5) is 6.58. The molecule has 0 radical (unpaired) electrons. The average molecular weight is 230 g/mol. The molecule has 0 N–H and O–H groups in total. The molecule has 2 aromatic rings. The zero-order valence-corrected chi connectivity index (χ0v) is 9.45. The number of aromatic nitrogens is 1. The molecule has 1 aliphatic heterocycles. The molecule has 0 amide bonds. The maximum Gasteiger partial charge on any atom is 0.134 e. The fourth-order valence-corrected chi connectivity index (χ4v) is 2.04. The van der Waals surface area contributed by atoms with Crippen LogP contribution < -0.4 is 4.90 Å². The van der Waals surface area contributed by atoms with Gasteiger partial charge < -0.3 is 14.1 Å². The minimum absolute atomic E-state index is 0.000700. The van der Waals surface area contributed by atoms with E-state index in [1.165, 1.54) is 0 Å². The van der Waals surface area contributed by atoms with Gasteiger partial charge in [-0.05, 0) is 24.3 Å². The van der Waals surface area contributed by atoms with Crippen LogP contribution in [0.4, 0.5) is 5.82 Å². The lowest BCUT2D eigenvalue weighted by Crippen LogP contribution is -2.38. The van der Waals surface area contributed by atoms with Crippen molar-refractivity contribution in [3.63, 3.8) is 0 Å². The summed E-state index contributed by atoms with van der Waals surface area (Å²) in [5, 5.41) is 0. The first-order valence-electron chi connectivity index (χ1n) is 5.74. The third-order valence-corrected chi connectivity index (χ3v) is 2.90. The van der Waals surface area contributed by atoms with Gasteiger partial charge in [0, 0.05) is 12.7 Å². The predicted molar refractivity (Wildman–Crippen MR) is 63.9 cm³/mol. The van der Waals surface area contributed by atoms with Crippen LogP contribution in [0.15, 0.2) is 47.2 Å². The summed E-state index contributed by atoms with van der Waals surface area (Å²) >= 11 is 0. The molecule has 1 aliphatic rings. The second kappa shape index (κ2) is 4.59. The molecule has 0 bridgehead atoms. The largest absolute Gasteiger partial charge is 0.467 e. The zero-order valence-electron chi connectivity index (χ0n) is 9.45. The van der Waals surface area contributed by atoms with Crippen LogP contribution in [-0.4, -0.2) is 24.7 Å². The Kier molecular flexibility index (Phi) is 2.80. The Balaban J connectivity index is 1.76. The van der Waals surface area contributed by atoms with Crippen LogP contribution in [0.3, 0.4) is 0 Å². The maximum atomic E-state index is 5.71. The summed E-state index contributed by atoms with van der Waals surface area (Å²) in [5.41, 5.74) is 0. The van der Waals surface area contributed by atoms with Gasteiger partial charge in [0.25, 0.3) is 0 Å². The van der Waals surface area contributed by atoms with Gasteiger partial charge in [-0.15, -0.1) is 0 Å². The van der Waals surface area contributed by atoms with E-state index in [0.717, 1.165) is 24.7 Å². The van der Waals surface area contributed by atoms with Gasteiger partial charge in [0.05, 0.1) is 19.4 Å². The zero-order chi connectivity index (χ0) is 11.5. The molecule has 2 aromatic heterocycles. The number of anilines is 1. The second-order valence-electron chi connectivity index (χ2n) is 4.01. The van der Waals surface area contributed by atoms with Gasteiger partial charge in [0.2, 0.25) is 0 Å². The highest BCUT2D eigenvalue weighted by atomic mass is 16.5. The van der Waals surface area contributed by atoms with Crippen LogP contribution in [0.2, 0.25) is 0 Å². The van der Waals surface area contributed by atoms with Gasteiger partial charge in [-0.1, -0.05) is 6.07 Å². The van der Waals surface area contributed by atoms with E-state index in [1.54, 1.807) is 6.26 Å². The summed E-state index contributed by atoms with van der Waals surface area (Å²) in [6.07, 6.45) is 3.49. The molecule has 0 saturated carbocycles. The van der Waals surface area contributed by atoms with Crippen molar-refractivity contribution in [2.24, 2.45) is 0 Å². The van der Waals surface area contributed by atoms with Crippen LogP contribution in [0.25, 0.3) is 0 Å². The van der Waals surface area contributed by atoms with Gasteiger partial charge in [-0.2, -0.15) is 0 Å². The van der Waals surface area contributed by atoms with E-state index in [0.29, 0.717) is 6.61 Å². The fourth-order valence-electron chi connectivity index (χ4n) is 2.04. The van der Waals surface area contributed by atoms with Crippen LogP contribution in [0.5, 0.6) is 0 Å². The highest BCUT2D eigenvalue weighted by Gasteiger charge is 2.24. The number of hydrogen-bond donors (Lipinski definition) is 0. The molecule has 1 unspecified atom stereocenters. The molecule has 4 heteroatoms. The van der Waals surface area contributed by atoms with Crippen molar-refractivity contribution in [2.75, 3.05) is 24.6 Å². The van der Waals surface area contributed by atoms with Crippen LogP contribution in [0.1, 0.15) is 11.9 Å². The van der Waals surface area contributed by atoms with Crippen LogP contribution >= 0.6 is 0 Å². The number of pyridine rings is 1. The van der Waals surface area contributed by atoms with Gasteiger partial charge in [-0.25, -0.2) is 4.98 Å². The van der Waals surface area contributed by atoms with Gasteiger partial charge in [0.1, 0.15) is 17.7 Å². The molecule has 0 aromatic carbocycles. The molecular weight excluding hydrogens is 216 g/mol. The van der Waals surface area contributed by atoms with Crippen molar-refractivity contribution < 1.29 is 9.15 Å². The molecule has 1 fully saturated rings. The first-order chi connectivity index (χ1) is 8.43. The summed E-state index contributed by atoms with van der Waals surface area (Å²) < 4.78 is 11.1. The Morgan fingerprint density at radius 1 is 1.24 bits per heavy atom. The number of furan rings is 1. The number of morpholine rings is 1. The highest BCUT2D eigenvalue weighted by molar-refractivity contribution is 5.38. The minimum Gasteiger partial charge on any atom is -0.467 e. The van der Waals surface area contributed by atoms with Crippen LogP contribution in [0, 0.1) is 0 Å². The van der Waals surface area contributed by atoms with Crippen molar-refractivity contribution >= 4 is 5.82 Å². The molecule has 1 atom stereocenters. The average Bonchev–Trinajstić information content (AvgIpc) is 2.94. The van der Waals surface area contributed by atoms with E-state index in [1.807, 2.05) is 36.5 Å².